The Morgan fingerprint density at radius 1 is 1.21 bits per heavy atom. The number of aryl methyl sites for hydroxylation is 1. The van der Waals surface area contributed by atoms with E-state index in [0.29, 0.717) is 5.56 Å². The zero-order chi connectivity index (χ0) is 14.0. The van der Waals surface area contributed by atoms with Crippen LogP contribution in [0.5, 0.6) is 0 Å². The van der Waals surface area contributed by atoms with E-state index >= 15 is 0 Å². The highest BCUT2D eigenvalue weighted by Gasteiger charge is 2.19. The van der Waals surface area contributed by atoms with Crippen molar-refractivity contribution in [2.24, 2.45) is 5.84 Å². The van der Waals surface area contributed by atoms with Gasteiger partial charge in [-0.2, -0.15) is 0 Å². The lowest BCUT2D eigenvalue weighted by atomic mass is 9.97. The van der Waals surface area contributed by atoms with Gasteiger partial charge in [-0.25, -0.2) is 9.82 Å². The molecule has 0 bridgehead atoms. The van der Waals surface area contributed by atoms with Crippen LogP contribution in [0.2, 0.25) is 0 Å². The van der Waals surface area contributed by atoms with Gasteiger partial charge in [0.25, 0.3) is 0 Å². The molecule has 0 aliphatic carbocycles. The van der Waals surface area contributed by atoms with E-state index in [4.69, 9.17) is 5.84 Å². The number of rotatable bonds is 3. The van der Waals surface area contributed by atoms with Gasteiger partial charge < -0.3 is 0 Å². The Morgan fingerprint density at radius 2 is 1.95 bits per heavy atom. The monoisotopic (exact) mass is 434 g/mol. The summed E-state index contributed by atoms with van der Waals surface area (Å²) in [6, 6.07) is 10.5. The molecular weight excluding hydrogens is 422 g/mol. The van der Waals surface area contributed by atoms with Crippen LogP contribution in [0, 0.1) is 16.3 Å². The standard InChI is InChI=1S/C14H13BrFIN2/c1-8-2-5-13(16)11(6-8)14(19-18)10-7-9(17)3-4-12(10)15/h2-7,14,19H,18H2,1H3. The van der Waals surface area contributed by atoms with Crippen molar-refractivity contribution in [2.45, 2.75) is 13.0 Å². The fourth-order valence-electron chi connectivity index (χ4n) is 1.97. The Morgan fingerprint density at radius 3 is 2.63 bits per heavy atom. The third-order valence-corrected chi connectivity index (χ3v) is 4.29. The Bertz CT molecular complexity index is 552. The van der Waals surface area contributed by atoms with Crippen LogP contribution in [0.3, 0.4) is 0 Å². The molecule has 0 aliphatic rings. The van der Waals surface area contributed by atoms with Gasteiger partial charge in [0.05, 0.1) is 6.04 Å². The molecule has 0 aromatic heterocycles. The van der Waals surface area contributed by atoms with Crippen molar-refractivity contribution in [1.82, 2.24) is 5.43 Å². The Kier molecular flexibility index (Phi) is 4.94. The predicted molar refractivity (Wildman–Crippen MR) is 87.2 cm³/mol. The number of benzene rings is 2. The molecule has 0 heterocycles. The molecule has 2 rings (SSSR count). The first-order valence-corrected chi connectivity index (χ1v) is 7.57. The molecule has 0 spiro atoms. The van der Waals surface area contributed by atoms with Crippen LogP contribution in [0.25, 0.3) is 0 Å². The molecule has 100 valence electrons. The lowest BCUT2D eigenvalue weighted by Gasteiger charge is -2.20. The predicted octanol–water partition coefficient (Wildman–Crippen LogP) is 4.05. The summed E-state index contributed by atoms with van der Waals surface area (Å²) >= 11 is 5.71. The molecule has 0 saturated heterocycles. The summed E-state index contributed by atoms with van der Waals surface area (Å²) in [6.45, 7) is 1.93. The second-order valence-electron chi connectivity index (χ2n) is 4.29. The number of hydrogen-bond acceptors (Lipinski definition) is 2. The SMILES string of the molecule is Cc1ccc(F)c(C(NN)c2cc(I)ccc2Br)c1. The van der Waals surface area contributed by atoms with Crippen LogP contribution in [-0.2, 0) is 0 Å². The Balaban J connectivity index is 2.55. The molecule has 2 aromatic carbocycles. The van der Waals surface area contributed by atoms with Crippen molar-refractivity contribution < 1.29 is 4.39 Å². The summed E-state index contributed by atoms with van der Waals surface area (Å²) in [5, 5.41) is 0. The first-order chi connectivity index (χ1) is 9.02. The second-order valence-corrected chi connectivity index (χ2v) is 6.39. The fourth-order valence-corrected chi connectivity index (χ4v) is 2.96. The Hall–Kier alpha value is -0.500. The van der Waals surface area contributed by atoms with Crippen LogP contribution < -0.4 is 11.3 Å². The average molecular weight is 435 g/mol. The number of nitrogens with two attached hydrogens (primary N) is 1. The van der Waals surface area contributed by atoms with Gasteiger partial charge >= 0.3 is 0 Å². The number of hydrogen-bond donors (Lipinski definition) is 2. The zero-order valence-electron chi connectivity index (χ0n) is 10.3. The minimum Gasteiger partial charge on any atom is -0.271 e. The number of hydrazine groups is 1. The molecule has 1 unspecified atom stereocenters. The first-order valence-electron chi connectivity index (χ1n) is 5.70. The molecular formula is C14H13BrFIN2. The maximum atomic E-state index is 14.0. The van der Waals surface area contributed by atoms with Crippen LogP contribution in [-0.4, -0.2) is 0 Å². The molecule has 2 nitrogen and oxygen atoms in total. The quantitative estimate of drug-likeness (QED) is 0.434. The largest absolute Gasteiger partial charge is 0.271 e. The highest BCUT2D eigenvalue weighted by molar-refractivity contribution is 14.1. The van der Waals surface area contributed by atoms with Gasteiger partial charge in [-0.3, -0.25) is 5.84 Å². The maximum absolute atomic E-state index is 14.0. The average Bonchev–Trinajstić information content (AvgIpc) is 2.38. The van der Waals surface area contributed by atoms with Crippen molar-refractivity contribution in [3.63, 3.8) is 0 Å². The highest BCUT2D eigenvalue weighted by atomic mass is 127. The maximum Gasteiger partial charge on any atom is 0.128 e. The van der Waals surface area contributed by atoms with Crippen molar-refractivity contribution in [1.29, 1.82) is 0 Å². The fraction of sp³-hybridized carbons (Fsp3) is 0.143. The molecule has 19 heavy (non-hydrogen) atoms. The molecule has 0 aliphatic heterocycles. The van der Waals surface area contributed by atoms with E-state index in [1.165, 1.54) is 6.07 Å². The molecule has 0 saturated carbocycles. The van der Waals surface area contributed by atoms with Crippen molar-refractivity contribution in [3.8, 4) is 0 Å². The molecule has 0 radical (unpaired) electrons. The summed E-state index contributed by atoms with van der Waals surface area (Å²) in [5.41, 5.74) is 5.16. The van der Waals surface area contributed by atoms with Crippen molar-refractivity contribution in [2.75, 3.05) is 0 Å². The molecule has 0 fully saturated rings. The van der Waals surface area contributed by atoms with E-state index in [1.807, 2.05) is 31.2 Å². The number of halogens is 3. The van der Waals surface area contributed by atoms with Crippen LogP contribution in [0.4, 0.5) is 4.39 Å². The molecule has 5 heteroatoms. The summed E-state index contributed by atoms with van der Waals surface area (Å²) in [6.07, 6.45) is 0. The van der Waals surface area contributed by atoms with Gasteiger partial charge in [-0.1, -0.05) is 33.6 Å². The first kappa shape index (κ1) is 14.9. The van der Waals surface area contributed by atoms with E-state index in [0.717, 1.165) is 19.2 Å². The topological polar surface area (TPSA) is 38.0 Å². The Labute approximate surface area is 133 Å². The van der Waals surface area contributed by atoms with Crippen LogP contribution in [0.15, 0.2) is 40.9 Å². The van der Waals surface area contributed by atoms with Crippen molar-refractivity contribution in [3.05, 3.63) is 66.9 Å². The number of nitrogens with one attached hydrogen (secondary N) is 1. The molecule has 1 atom stereocenters. The summed E-state index contributed by atoms with van der Waals surface area (Å²) < 4.78 is 16.0. The summed E-state index contributed by atoms with van der Waals surface area (Å²) in [7, 11) is 0. The smallest absolute Gasteiger partial charge is 0.128 e. The van der Waals surface area contributed by atoms with E-state index in [9.17, 15) is 4.39 Å². The lowest BCUT2D eigenvalue weighted by Crippen LogP contribution is -2.30. The van der Waals surface area contributed by atoms with Gasteiger partial charge in [-0.15, -0.1) is 0 Å². The van der Waals surface area contributed by atoms with Crippen LogP contribution in [0.1, 0.15) is 22.7 Å². The van der Waals surface area contributed by atoms with E-state index in [1.54, 1.807) is 6.07 Å². The molecule has 2 aromatic rings. The zero-order valence-corrected chi connectivity index (χ0v) is 14.0. The normalized spacial score (nSPS) is 12.5. The second kappa shape index (κ2) is 6.30. The molecule has 0 amide bonds. The van der Waals surface area contributed by atoms with E-state index in [-0.39, 0.29) is 11.9 Å². The summed E-state index contributed by atoms with van der Waals surface area (Å²) in [5.74, 6) is 5.37. The lowest BCUT2D eigenvalue weighted by molar-refractivity contribution is 0.558. The van der Waals surface area contributed by atoms with Gasteiger partial charge in [0, 0.05) is 13.6 Å². The van der Waals surface area contributed by atoms with Gasteiger partial charge in [-0.05, 0) is 59.3 Å². The van der Waals surface area contributed by atoms with Crippen LogP contribution >= 0.6 is 38.5 Å². The van der Waals surface area contributed by atoms with Gasteiger partial charge in [0.1, 0.15) is 5.82 Å². The van der Waals surface area contributed by atoms with Gasteiger partial charge in [0.15, 0.2) is 0 Å². The minimum atomic E-state index is -0.385. The summed E-state index contributed by atoms with van der Waals surface area (Å²) in [4.78, 5) is 0. The van der Waals surface area contributed by atoms with Crippen molar-refractivity contribution >= 4 is 38.5 Å². The minimum absolute atomic E-state index is 0.265. The third kappa shape index (κ3) is 3.34. The third-order valence-electron chi connectivity index (χ3n) is 2.90. The molecule has 3 N–H and O–H groups in total. The van der Waals surface area contributed by atoms with E-state index in [2.05, 4.69) is 43.9 Å². The highest BCUT2D eigenvalue weighted by Crippen LogP contribution is 2.31. The van der Waals surface area contributed by atoms with Gasteiger partial charge in [0.2, 0.25) is 0 Å². The van der Waals surface area contributed by atoms with E-state index < -0.39 is 0 Å².